The Kier molecular flexibility index (Phi) is 5.28. The van der Waals surface area contributed by atoms with Crippen LogP contribution in [0.15, 0.2) is 36.4 Å². The molecular weight excluding hydrogens is 357 g/mol. The zero-order chi connectivity index (χ0) is 17.8. The Hall–Kier alpha value is -2.48. The number of imidazole rings is 1. The van der Waals surface area contributed by atoms with Gasteiger partial charge >= 0.3 is 0 Å². The Labute approximate surface area is 155 Å². The van der Waals surface area contributed by atoms with Gasteiger partial charge in [0.05, 0.1) is 33.3 Å². The maximum absolute atomic E-state index is 9.51. The van der Waals surface area contributed by atoms with E-state index in [2.05, 4.69) is 16.0 Å². The van der Waals surface area contributed by atoms with E-state index in [1.165, 1.54) is 0 Å². The number of para-hydroxylation sites is 2. The second-order valence-electron chi connectivity index (χ2n) is 5.43. The number of rotatable bonds is 5. The molecule has 6 heteroatoms. The van der Waals surface area contributed by atoms with Crippen LogP contribution in [0.25, 0.3) is 22.7 Å². The number of ether oxygens (including phenoxy) is 1. The molecule has 1 heterocycles. The molecule has 25 heavy (non-hydrogen) atoms. The summed E-state index contributed by atoms with van der Waals surface area (Å²) < 4.78 is 5.56. The summed E-state index contributed by atoms with van der Waals surface area (Å²) in [6.45, 7) is 2.54. The third-order valence-electron chi connectivity index (χ3n) is 3.55. The van der Waals surface area contributed by atoms with Gasteiger partial charge in [0, 0.05) is 0 Å². The van der Waals surface area contributed by atoms with Crippen molar-refractivity contribution in [1.82, 2.24) is 9.97 Å². The maximum atomic E-state index is 9.51. The van der Waals surface area contributed by atoms with Gasteiger partial charge in [0.15, 0.2) is 5.75 Å². The Morgan fingerprint density at radius 1 is 1.28 bits per heavy atom. The minimum Gasteiger partial charge on any atom is -0.490 e. The Morgan fingerprint density at radius 2 is 2.00 bits per heavy atom. The number of halogens is 2. The first-order valence-electron chi connectivity index (χ1n) is 7.81. The smallest absolute Gasteiger partial charge is 0.156 e. The highest BCUT2D eigenvalue weighted by atomic mass is 35.5. The Morgan fingerprint density at radius 3 is 2.64 bits per heavy atom. The number of aromatic nitrogens is 2. The second-order valence-corrected chi connectivity index (χ2v) is 6.25. The number of hydrogen-bond acceptors (Lipinski definition) is 3. The van der Waals surface area contributed by atoms with Crippen LogP contribution in [0, 0.1) is 11.3 Å². The Balaban J connectivity index is 1.98. The monoisotopic (exact) mass is 371 g/mol. The van der Waals surface area contributed by atoms with Crippen LogP contribution in [-0.2, 0) is 0 Å². The van der Waals surface area contributed by atoms with Crippen molar-refractivity contribution < 1.29 is 4.74 Å². The van der Waals surface area contributed by atoms with Gasteiger partial charge in [0.25, 0.3) is 0 Å². The second kappa shape index (κ2) is 7.60. The first-order chi connectivity index (χ1) is 12.1. The number of nitriles is 1. The summed E-state index contributed by atoms with van der Waals surface area (Å²) in [5, 5.41) is 10.3. The standard InChI is InChI=1S/C19H15Cl2N3O/c1-2-7-25-18-14(20)9-12(10-15(18)21)8-13(11-22)19-23-16-5-3-4-6-17(16)24-19/h3-6,8-10H,2,7H2,1H3,(H,23,24)/b13-8-. The van der Waals surface area contributed by atoms with E-state index < -0.39 is 0 Å². The highest BCUT2D eigenvalue weighted by Crippen LogP contribution is 2.35. The van der Waals surface area contributed by atoms with Crippen molar-refractivity contribution in [2.75, 3.05) is 6.61 Å². The number of fused-ring (bicyclic) bond motifs is 1. The molecule has 1 aromatic heterocycles. The minimum atomic E-state index is 0.394. The summed E-state index contributed by atoms with van der Waals surface area (Å²) >= 11 is 12.5. The molecule has 0 unspecified atom stereocenters. The van der Waals surface area contributed by atoms with Gasteiger partial charge in [0.2, 0.25) is 0 Å². The minimum absolute atomic E-state index is 0.394. The summed E-state index contributed by atoms with van der Waals surface area (Å²) in [4.78, 5) is 7.59. The molecule has 0 spiro atoms. The molecule has 3 rings (SSSR count). The summed E-state index contributed by atoms with van der Waals surface area (Å²) in [6.07, 6.45) is 2.55. The van der Waals surface area contributed by atoms with Crippen molar-refractivity contribution in [2.45, 2.75) is 13.3 Å². The van der Waals surface area contributed by atoms with Gasteiger partial charge in [0.1, 0.15) is 11.9 Å². The third-order valence-corrected chi connectivity index (χ3v) is 4.11. The van der Waals surface area contributed by atoms with Crippen LogP contribution in [-0.4, -0.2) is 16.6 Å². The number of allylic oxidation sites excluding steroid dienone is 1. The normalized spacial score (nSPS) is 11.5. The molecule has 0 amide bonds. The van der Waals surface area contributed by atoms with Crippen LogP contribution in [0.1, 0.15) is 24.7 Å². The van der Waals surface area contributed by atoms with E-state index in [0.717, 1.165) is 17.5 Å². The maximum Gasteiger partial charge on any atom is 0.156 e. The number of nitrogens with one attached hydrogen (secondary N) is 1. The van der Waals surface area contributed by atoms with Crippen LogP contribution in [0.3, 0.4) is 0 Å². The van der Waals surface area contributed by atoms with E-state index in [-0.39, 0.29) is 0 Å². The highest BCUT2D eigenvalue weighted by molar-refractivity contribution is 6.37. The quantitative estimate of drug-likeness (QED) is 0.583. The molecule has 0 fully saturated rings. The number of hydrogen-bond donors (Lipinski definition) is 1. The van der Waals surface area contributed by atoms with E-state index in [4.69, 9.17) is 27.9 Å². The molecule has 0 atom stereocenters. The molecule has 0 aliphatic carbocycles. The number of H-pyrrole nitrogens is 1. The van der Waals surface area contributed by atoms with Crippen LogP contribution in [0.2, 0.25) is 10.0 Å². The average Bonchev–Trinajstić information content (AvgIpc) is 3.03. The molecule has 0 bridgehead atoms. The summed E-state index contributed by atoms with van der Waals surface area (Å²) in [6, 6.07) is 13.2. The molecule has 4 nitrogen and oxygen atoms in total. The van der Waals surface area contributed by atoms with Gasteiger partial charge in [-0.15, -0.1) is 0 Å². The van der Waals surface area contributed by atoms with Crippen LogP contribution in [0.4, 0.5) is 0 Å². The van der Waals surface area contributed by atoms with Gasteiger partial charge in [-0.25, -0.2) is 4.98 Å². The lowest BCUT2D eigenvalue weighted by atomic mass is 10.1. The summed E-state index contributed by atoms with van der Waals surface area (Å²) in [5.74, 6) is 0.965. The van der Waals surface area contributed by atoms with Gasteiger partial charge in [-0.05, 0) is 42.3 Å². The zero-order valence-electron chi connectivity index (χ0n) is 13.5. The van der Waals surface area contributed by atoms with E-state index >= 15 is 0 Å². The van der Waals surface area contributed by atoms with E-state index in [0.29, 0.717) is 39.4 Å². The molecule has 0 aliphatic rings. The van der Waals surface area contributed by atoms with Crippen LogP contribution < -0.4 is 4.74 Å². The predicted octanol–water partition coefficient (Wildman–Crippen LogP) is 5.72. The van der Waals surface area contributed by atoms with Crippen molar-refractivity contribution in [1.29, 1.82) is 5.26 Å². The molecule has 0 aliphatic heterocycles. The fourth-order valence-corrected chi connectivity index (χ4v) is 3.02. The van der Waals surface area contributed by atoms with Crippen molar-refractivity contribution in [3.8, 4) is 11.8 Å². The van der Waals surface area contributed by atoms with E-state index in [9.17, 15) is 5.26 Å². The SMILES string of the molecule is CCCOc1c(Cl)cc(/C=C(/C#N)c2nc3ccccc3[nH]2)cc1Cl. The highest BCUT2D eigenvalue weighted by Gasteiger charge is 2.11. The summed E-state index contributed by atoms with van der Waals surface area (Å²) in [7, 11) is 0. The molecule has 3 aromatic rings. The molecular formula is C19H15Cl2N3O. The molecule has 126 valence electrons. The lowest BCUT2D eigenvalue weighted by Gasteiger charge is -2.10. The molecule has 2 aromatic carbocycles. The van der Waals surface area contributed by atoms with Crippen molar-refractivity contribution >= 4 is 45.9 Å². The first-order valence-corrected chi connectivity index (χ1v) is 8.56. The molecule has 0 radical (unpaired) electrons. The fraction of sp³-hybridized carbons (Fsp3) is 0.158. The van der Waals surface area contributed by atoms with E-state index in [1.807, 2.05) is 31.2 Å². The van der Waals surface area contributed by atoms with Gasteiger partial charge in [-0.1, -0.05) is 42.3 Å². The largest absolute Gasteiger partial charge is 0.490 e. The third kappa shape index (κ3) is 3.79. The zero-order valence-corrected chi connectivity index (χ0v) is 15.0. The topological polar surface area (TPSA) is 61.7 Å². The lowest BCUT2D eigenvalue weighted by molar-refractivity contribution is 0.318. The fourth-order valence-electron chi connectivity index (χ4n) is 2.41. The van der Waals surface area contributed by atoms with Crippen molar-refractivity contribution in [3.05, 3.63) is 57.8 Å². The van der Waals surface area contributed by atoms with Crippen LogP contribution in [0.5, 0.6) is 5.75 Å². The molecule has 1 N–H and O–H groups in total. The summed E-state index contributed by atoms with van der Waals surface area (Å²) in [5.41, 5.74) is 2.78. The van der Waals surface area contributed by atoms with Gasteiger partial charge < -0.3 is 9.72 Å². The number of benzene rings is 2. The van der Waals surface area contributed by atoms with Gasteiger partial charge in [-0.2, -0.15) is 5.26 Å². The van der Waals surface area contributed by atoms with Crippen LogP contribution >= 0.6 is 23.2 Å². The van der Waals surface area contributed by atoms with Crippen molar-refractivity contribution in [2.24, 2.45) is 0 Å². The first kappa shape index (κ1) is 17.3. The molecule has 0 saturated carbocycles. The lowest BCUT2D eigenvalue weighted by Crippen LogP contribution is -1.96. The van der Waals surface area contributed by atoms with E-state index in [1.54, 1.807) is 18.2 Å². The van der Waals surface area contributed by atoms with Crippen molar-refractivity contribution in [3.63, 3.8) is 0 Å². The predicted molar refractivity (Wildman–Crippen MR) is 102 cm³/mol. The number of aromatic amines is 1. The molecule has 0 saturated heterocycles. The average molecular weight is 372 g/mol. The number of nitrogens with zero attached hydrogens (tertiary/aromatic N) is 2. The Bertz CT molecular complexity index is 930. The van der Waals surface area contributed by atoms with Gasteiger partial charge in [-0.3, -0.25) is 0 Å².